The number of carbonyl (C=O) groups excluding carboxylic acids is 2. The minimum Gasteiger partial charge on any atom is -0.310 e. The number of hydrogen-bond donors (Lipinski definition) is 0. The molecule has 0 N–H and O–H groups in total. The summed E-state index contributed by atoms with van der Waals surface area (Å²) in [5, 5.41) is 0. The van der Waals surface area contributed by atoms with Gasteiger partial charge in [0.25, 0.3) is 5.91 Å². The van der Waals surface area contributed by atoms with Gasteiger partial charge in [-0.2, -0.15) is 0 Å². The maximum Gasteiger partial charge on any atom is 0.327 e. The van der Waals surface area contributed by atoms with Crippen molar-refractivity contribution in [3.8, 4) is 0 Å². The molecule has 1 atom stereocenters. The Morgan fingerprint density at radius 2 is 1.77 bits per heavy atom. The number of imide groups is 1. The molecule has 1 unspecified atom stereocenters. The van der Waals surface area contributed by atoms with Crippen LogP contribution in [0.25, 0.3) is 0 Å². The number of urea groups is 1. The zero-order valence-corrected chi connectivity index (χ0v) is 16.5. The van der Waals surface area contributed by atoms with Gasteiger partial charge in [0.1, 0.15) is 6.04 Å². The number of piperazine rings is 1. The van der Waals surface area contributed by atoms with E-state index in [9.17, 15) is 18.0 Å². The lowest BCUT2D eigenvalue weighted by molar-refractivity contribution is -0.130. The highest BCUT2D eigenvalue weighted by atomic mass is 35.5. The second-order valence-electron chi connectivity index (χ2n) is 6.73. The molecular formula is C17H24ClN3O4S. The number of halogens is 1. The highest BCUT2D eigenvalue weighted by Gasteiger charge is 2.48. The van der Waals surface area contributed by atoms with Gasteiger partial charge in [-0.15, -0.1) is 12.4 Å². The first-order valence-electron chi connectivity index (χ1n) is 8.45. The SMILES string of the molecule is CC(C)N1C(=O)C2CN(CCS(=O)(=O)c3ccccc3)CCN2C1=O.Cl. The van der Waals surface area contributed by atoms with E-state index in [-0.39, 0.29) is 36.1 Å². The van der Waals surface area contributed by atoms with Crippen LogP contribution in [0.15, 0.2) is 35.2 Å². The Balaban J connectivity index is 0.00000243. The average Bonchev–Trinajstić information content (AvgIpc) is 2.84. The van der Waals surface area contributed by atoms with Crippen molar-refractivity contribution in [2.24, 2.45) is 0 Å². The Bertz CT molecular complexity index is 769. The molecule has 2 heterocycles. The molecule has 2 fully saturated rings. The fourth-order valence-electron chi connectivity index (χ4n) is 3.35. The van der Waals surface area contributed by atoms with Gasteiger partial charge in [-0.25, -0.2) is 13.2 Å². The predicted molar refractivity (Wildman–Crippen MR) is 100 cm³/mol. The number of hydrogen-bond acceptors (Lipinski definition) is 5. The summed E-state index contributed by atoms with van der Waals surface area (Å²) in [4.78, 5) is 30.0. The zero-order valence-electron chi connectivity index (χ0n) is 14.9. The number of carbonyl (C=O) groups is 2. The Morgan fingerprint density at radius 1 is 1.12 bits per heavy atom. The smallest absolute Gasteiger partial charge is 0.310 e. The van der Waals surface area contributed by atoms with Gasteiger partial charge in [-0.05, 0) is 26.0 Å². The summed E-state index contributed by atoms with van der Waals surface area (Å²) in [5.74, 6) is -0.185. The Morgan fingerprint density at radius 3 is 2.38 bits per heavy atom. The minimum absolute atomic E-state index is 0. The van der Waals surface area contributed by atoms with Crippen LogP contribution in [0.2, 0.25) is 0 Å². The molecule has 0 spiro atoms. The maximum atomic E-state index is 12.5. The van der Waals surface area contributed by atoms with Gasteiger partial charge in [0.2, 0.25) is 0 Å². The molecule has 1 aromatic rings. The quantitative estimate of drug-likeness (QED) is 0.693. The van der Waals surface area contributed by atoms with E-state index < -0.39 is 15.9 Å². The van der Waals surface area contributed by atoms with E-state index in [1.807, 2.05) is 18.7 Å². The van der Waals surface area contributed by atoms with E-state index in [1.165, 1.54) is 4.90 Å². The molecular weight excluding hydrogens is 378 g/mol. The number of sulfone groups is 1. The molecule has 0 aliphatic carbocycles. The molecule has 3 rings (SSSR count). The fraction of sp³-hybridized carbons (Fsp3) is 0.529. The molecule has 0 saturated carbocycles. The second-order valence-corrected chi connectivity index (χ2v) is 8.84. The normalized spacial score (nSPS) is 21.1. The molecule has 1 aromatic carbocycles. The Labute approximate surface area is 160 Å². The van der Waals surface area contributed by atoms with E-state index in [4.69, 9.17) is 0 Å². The van der Waals surface area contributed by atoms with Crippen molar-refractivity contribution in [3.05, 3.63) is 30.3 Å². The maximum absolute atomic E-state index is 12.5. The standard InChI is InChI=1S/C17H23N3O4S.ClH/c1-13(2)20-16(21)15-12-18(8-9-19(15)17(20)22)10-11-25(23,24)14-6-4-3-5-7-14;/h3-7,13,15H,8-12H2,1-2H3;1H. The number of amides is 3. The molecule has 26 heavy (non-hydrogen) atoms. The van der Waals surface area contributed by atoms with Gasteiger partial charge in [0, 0.05) is 32.2 Å². The van der Waals surface area contributed by atoms with Crippen molar-refractivity contribution in [1.29, 1.82) is 0 Å². The first kappa shape index (κ1) is 20.7. The van der Waals surface area contributed by atoms with Gasteiger partial charge in [0.05, 0.1) is 10.6 Å². The molecule has 3 amide bonds. The number of benzene rings is 1. The molecule has 2 aliphatic rings. The number of nitrogens with zero attached hydrogens (tertiary/aromatic N) is 3. The van der Waals surface area contributed by atoms with Crippen LogP contribution in [0.1, 0.15) is 13.8 Å². The number of rotatable bonds is 5. The van der Waals surface area contributed by atoms with Crippen LogP contribution < -0.4 is 0 Å². The van der Waals surface area contributed by atoms with Crippen molar-refractivity contribution in [2.75, 3.05) is 31.9 Å². The monoisotopic (exact) mass is 401 g/mol. The molecule has 2 aliphatic heterocycles. The van der Waals surface area contributed by atoms with Gasteiger partial charge in [-0.3, -0.25) is 14.6 Å². The van der Waals surface area contributed by atoms with Crippen LogP contribution in [0.4, 0.5) is 4.79 Å². The van der Waals surface area contributed by atoms with Crippen molar-refractivity contribution in [1.82, 2.24) is 14.7 Å². The summed E-state index contributed by atoms with van der Waals surface area (Å²) in [6, 6.07) is 7.47. The van der Waals surface area contributed by atoms with Crippen molar-refractivity contribution >= 4 is 34.2 Å². The molecule has 0 bridgehead atoms. The molecule has 0 radical (unpaired) electrons. The largest absolute Gasteiger partial charge is 0.327 e. The Kier molecular flexibility index (Phi) is 6.31. The predicted octanol–water partition coefficient (Wildman–Crippen LogP) is 1.24. The third-order valence-corrected chi connectivity index (χ3v) is 6.44. The minimum atomic E-state index is -3.35. The van der Waals surface area contributed by atoms with Gasteiger partial charge < -0.3 is 4.90 Å². The summed E-state index contributed by atoms with van der Waals surface area (Å²) in [6.45, 7) is 5.40. The molecule has 7 nitrogen and oxygen atoms in total. The Hall–Kier alpha value is -1.64. The lowest BCUT2D eigenvalue weighted by atomic mass is 10.2. The second kappa shape index (κ2) is 7.94. The van der Waals surface area contributed by atoms with Crippen LogP contribution in [0.5, 0.6) is 0 Å². The van der Waals surface area contributed by atoms with Gasteiger partial charge in [-0.1, -0.05) is 18.2 Å². The summed E-state index contributed by atoms with van der Waals surface area (Å²) >= 11 is 0. The number of fused-ring (bicyclic) bond motifs is 1. The van der Waals surface area contributed by atoms with Gasteiger partial charge >= 0.3 is 6.03 Å². The topological polar surface area (TPSA) is 78.0 Å². The van der Waals surface area contributed by atoms with E-state index in [0.29, 0.717) is 31.1 Å². The third kappa shape index (κ3) is 3.87. The van der Waals surface area contributed by atoms with Crippen molar-refractivity contribution < 1.29 is 18.0 Å². The fourth-order valence-corrected chi connectivity index (χ4v) is 4.65. The van der Waals surface area contributed by atoms with Crippen LogP contribution in [0.3, 0.4) is 0 Å². The van der Waals surface area contributed by atoms with E-state index >= 15 is 0 Å². The molecule has 144 valence electrons. The van der Waals surface area contributed by atoms with E-state index in [2.05, 4.69) is 0 Å². The summed E-state index contributed by atoms with van der Waals surface area (Å²) in [6.07, 6.45) is 0. The van der Waals surface area contributed by atoms with Crippen molar-refractivity contribution in [3.63, 3.8) is 0 Å². The highest BCUT2D eigenvalue weighted by molar-refractivity contribution is 7.91. The van der Waals surface area contributed by atoms with Crippen LogP contribution in [-0.2, 0) is 14.6 Å². The summed E-state index contributed by atoms with van der Waals surface area (Å²) in [7, 11) is -3.35. The highest BCUT2D eigenvalue weighted by Crippen LogP contribution is 2.24. The van der Waals surface area contributed by atoms with Crippen LogP contribution >= 0.6 is 12.4 Å². The molecule has 2 saturated heterocycles. The zero-order chi connectivity index (χ0) is 18.2. The van der Waals surface area contributed by atoms with Gasteiger partial charge in [0.15, 0.2) is 9.84 Å². The molecule has 9 heteroatoms. The van der Waals surface area contributed by atoms with Crippen LogP contribution in [-0.4, -0.2) is 79.1 Å². The summed E-state index contributed by atoms with van der Waals surface area (Å²) in [5.41, 5.74) is 0. The average molecular weight is 402 g/mol. The first-order chi connectivity index (χ1) is 11.8. The summed E-state index contributed by atoms with van der Waals surface area (Å²) < 4.78 is 24.8. The van der Waals surface area contributed by atoms with Crippen molar-refractivity contribution in [2.45, 2.75) is 30.8 Å². The first-order valence-corrected chi connectivity index (χ1v) is 10.1. The third-order valence-electron chi connectivity index (χ3n) is 4.73. The lowest BCUT2D eigenvalue weighted by Crippen LogP contribution is -2.53. The molecule has 0 aromatic heterocycles. The van der Waals surface area contributed by atoms with Crippen LogP contribution in [0, 0.1) is 0 Å². The van der Waals surface area contributed by atoms with E-state index in [1.54, 1.807) is 35.2 Å². The van der Waals surface area contributed by atoms with E-state index in [0.717, 1.165) is 0 Å². The lowest BCUT2D eigenvalue weighted by Gasteiger charge is -2.35.